The number of alkyl halides is 2. The molecule has 2 unspecified atom stereocenters. The lowest BCUT2D eigenvalue weighted by atomic mass is 10.1. The maximum atomic E-state index is 12.4. The summed E-state index contributed by atoms with van der Waals surface area (Å²) in [4.78, 5) is 15.5. The Morgan fingerprint density at radius 1 is 1.06 bits per heavy atom. The van der Waals surface area contributed by atoms with Crippen molar-refractivity contribution in [1.82, 2.24) is 15.0 Å². The van der Waals surface area contributed by atoms with E-state index in [-0.39, 0.29) is 18.0 Å². The third kappa shape index (κ3) is 5.64. The number of ether oxygens (including phenoxy) is 3. The number of benzene rings is 1. The minimum absolute atomic E-state index is 0.0902. The lowest BCUT2D eigenvalue weighted by Gasteiger charge is -2.35. The van der Waals surface area contributed by atoms with Crippen LogP contribution in [0.4, 0.5) is 26.2 Å². The van der Waals surface area contributed by atoms with Crippen LogP contribution < -0.4 is 19.7 Å². The van der Waals surface area contributed by atoms with E-state index in [1.807, 2.05) is 19.9 Å². The molecule has 0 spiro atoms. The molecule has 174 valence electrons. The Kier molecular flexibility index (Phi) is 6.83. The van der Waals surface area contributed by atoms with Gasteiger partial charge in [0, 0.05) is 31.0 Å². The number of halogens is 2. The number of aromatic nitrogens is 3. The first-order valence-electron chi connectivity index (χ1n) is 10.5. The third-order valence-corrected chi connectivity index (χ3v) is 5.07. The molecule has 0 bridgehead atoms. The second kappa shape index (κ2) is 9.95. The molecule has 3 aromatic rings. The van der Waals surface area contributed by atoms with Gasteiger partial charge in [0.2, 0.25) is 11.8 Å². The van der Waals surface area contributed by atoms with Crippen molar-refractivity contribution in [3.8, 4) is 22.8 Å². The molecule has 1 aliphatic rings. The van der Waals surface area contributed by atoms with Gasteiger partial charge in [-0.2, -0.15) is 13.8 Å². The summed E-state index contributed by atoms with van der Waals surface area (Å²) in [7, 11) is 1.53. The summed E-state index contributed by atoms with van der Waals surface area (Å²) in [6, 6.07) is 9.97. The molecule has 1 aromatic carbocycles. The summed E-state index contributed by atoms with van der Waals surface area (Å²) >= 11 is 0. The largest absolute Gasteiger partial charge is 0.480 e. The zero-order chi connectivity index (χ0) is 23.4. The Balaban J connectivity index is 1.57. The Morgan fingerprint density at radius 2 is 1.79 bits per heavy atom. The molecule has 0 amide bonds. The van der Waals surface area contributed by atoms with Crippen LogP contribution in [-0.4, -0.2) is 54.0 Å². The number of hydrogen-bond donors (Lipinski definition) is 1. The van der Waals surface area contributed by atoms with E-state index in [1.54, 1.807) is 30.6 Å². The van der Waals surface area contributed by atoms with E-state index in [2.05, 4.69) is 29.9 Å². The van der Waals surface area contributed by atoms with Gasteiger partial charge in [0.05, 0.1) is 19.3 Å². The van der Waals surface area contributed by atoms with Gasteiger partial charge in [-0.3, -0.25) is 0 Å². The van der Waals surface area contributed by atoms with Crippen molar-refractivity contribution in [3.05, 3.63) is 48.8 Å². The number of rotatable bonds is 7. The second-order valence-electron chi connectivity index (χ2n) is 7.71. The number of nitrogens with zero attached hydrogens (tertiary/aromatic N) is 4. The predicted molar refractivity (Wildman–Crippen MR) is 120 cm³/mol. The summed E-state index contributed by atoms with van der Waals surface area (Å²) < 4.78 is 40.4. The van der Waals surface area contributed by atoms with E-state index in [0.717, 1.165) is 11.1 Å². The molecule has 0 aliphatic carbocycles. The van der Waals surface area contributed by atoms with E-state index >= 15 is 0 Å². The van der Waals surface area contributed by atoms with Gasteiger partial charge < -0.3 is 24.4 Å². The number of morpholine rings is 1. The van der Waals surface area contributed by atoms with Crippen molar-refractivity contribution in [1.29, 1.82) is 0 Å². The Hall–Kier alpha value is -3.53. The molecule has 33 heavy (non-hydrogen) atoms. The summed E-state index contributed by atoms with van der Waals surface area (Å²) in [5, 5.41) is 3.25. The molecule has 1 N–H and O–H groups in total. The quantitative estimate of drug-likeness (QED) is 0.555. The number of nitrogens with one attached hydrogen (secondary N) is 1. The highest BCUT2D eigenvalue weighted by Gasteiger charge is 2.24. The number of hydrogen-bond acceptors (Lipinski definition) is 8. The van der Waals surface area contributed by atoms with Crippen LogP contribution in [0.3, 0.4) is 0 Å². The van der Waals surface area contributed by atoms with Gasteiger partial charge in [0.1, 0.15) is 17.3 Å². The summed E-state index contributed by atoms with van der Waals surface area (Å²) in [6.45, 7) is 2.60. The first-order chi connectivity index (χ1) is 15.9. The molecule has 4 rings (SSSR count). The maximum Gasteiger partial charge on any atom is 0.387 e. The van der Waals surface area contributed by atoms with Crippen molar-refractivity contribution in [3.63, 3.8) is 0 Å². The Labute approximate surface area is 190 Å². The smallest absolute Gasteiger partial charge is 0.387 e. The molecular weight excluding hydrogens is 432 g/mol. The number of anilines is 3. The highest BCUT2D eigenvalue weighted by Crippen LogP contribution is 2.31. The first-order valence-corrected chi connectivity index (χ1v) is 10.5. The van der Waals surface area contributed by atoms with Gasteiger partial charge >= 0.3 is 6.61 Å². The lowest BCUT2D eigenvalue weighted by Crippen LogP contribution is -2.46. The van der Waals surface area contributed by atoms with E-state index in [1.165, 1.54) is 19.2 Å². The van der Waals surface area contributed by atoms with Crippen molar-refractivity contribution >= 4 is 17.5 Å². The molecule has 2 atom stereocenters. The normalized spacial score (nSPS) is 18.3. The van der Waals surface area contributed by atoms with Gasteiger partial charge in [0.15, 0.2) is 0 Å². The van der Waals surface area contributed by atoms with Crippen molar-refractivity contribution < 1.29 is 23.0 Å². The maximum absolute atomic E-state index is 12.4. The molecule has 2 aromatic heterocycles. The fourth-order valence-corrected chi connectivity index (χ4v) is 3.74. The highest BCUT2D eigenvalue weighted by atomic mass is 19.3. The predicted octanol–water partition coefficient (Wildman–Crippen LogP) is 4.51. The van der Waals surface area contributed by atoms with Crippen LogP contribution in [-0.2, 0) is 4.74 Å². The SMILES string of the molecule is COc1ncc(-c2ccc(OC(F)F)cc2)cc1Nc1ccnc(N2CC(C)OC(C)C2)n1. The molecule has 10 heteroatoms. The Bertz CT molecular complexity index is 1070. The molecule has 1 saturated heterocycles. The average Bonchev–Trinajstić information content (AvgIpc) is 2.79. The van der Waals surface area contributed by atoms with E-state index in [0.29, 0.717) is 36.4 Å². The van der Waals surface area contributed by atoms with Crippen LogP contribution in [0.5, 0.6) is 11.6 Å². The third-order valence-electron chi connectivity index (χ3n) is 5.07. The molecular formula is C23H25F2N5O3. The second-order valence-corrected chi connectivity index (χ2v) is 7.71. The van der Waals surface area contributed by atoms with Crippen molar-refractivity contribution in [2.75, 3.05) is 30.4 Å². The number of methoxy groups -OCH3 is 1. The molecule has 8 nitrogen and oxygen atoms in total. The van der Waals surface area contributed by atoms with Crippen LogP contribution in [0.1, 0.15) is 13.8 Å². The van der Waals surface area contributed by atoms with Gasteiger partial charge in [-0.25, -0.2) is 9.97 Å². The first kappa shape index (κ1) is 22.7. The minimum atomic E-state index is -2.86. The minimum Gasteiger partial charge on any atom is -0.480 e. The standard InChI is InChI=1S/C23H25F2N5O3/c1-14-12-30(13-15(2)32-14)23-26-9-8-20(29-23)28-19-10-17(11-27-21(19)31-3)16-4-6-18(7-5-16)33-22(24)25/h4-11,14-15,22H,12-13H2,1-3H3,(H,26,28,29). The lowest BCUT2D eigenvalue weighted by molar-refractivity contribution is -0.0498. The van der Waals surface area contributed by atoms with Crippen molar-refractivity contribution in [2.45, 2.75) is 32.7 Å². The van der Waals surface area contributed by atoms with Gasteiger partial charge in [-0.05, 0) is 43.7 Å². The summed E-state index contributed by atoms with van der Waals surface area (Å²) in [6.07, 6.45) is 3.52. The van der Waals surface area contributed by atoms with E-state index in [4.69, 9.17) is 9.47 Å². The molecule has 1 aliphatic heterocycles. The van der Waals surface area contributed by atoms with Crippen LogP contribution in [0.25, 0.3) is 11.1 Å². The highest BCUT2D eigenvalue weighted by molar-refractivity contribution is 5.72. The topological polar surface area (TPSA) is 81.6 Å². The zero-order valence-electron chi connectivity index (χ0n) is 18.5. The average molecular weight is 457 g/mol. The van der Waals surface area contributed by atoms with Crippen LogP contribution in [0.2, 0.25) is 0 Å². The molecule has 3 heterocycles. The monoisotopic (exact) mass is 457 g/mol. The zero-order valence-corrected chi connectivity index (χ0v) is 18.5. The fourth-order valence-electron chi connectivity index (χ4n) is 3.74. The van der Waals surface area contributed by atoms with Crippen molar-refractivity contribution in [2.24, 2.45) is 0 Å². The van der Waals surface area contributed by atoms with Gasteiger partial charge in [-0.15, -0.1) is 0 Å². The van der Waals surface area contributed by atoms with E-state index < -0.39 is 6.61 Å². The molecule has 1 fully saturated rings. The van der Waals surface area contributed by atoms with Crippen LogP contribution in [0.15, 0.2) is 48.8 Å². The summed E-state index contributed by atoms with van der Waals surface area (Å²) in [5.74, 6) is 1.68. The van der Waals surface area contributed by atoms with E-state index in [9.17, 15) is 8.78 Å². The van der Waals surface area contributed by atoms with Crippen LogP contribution in [0, 0.1) is 0 Å². The summed E-state index contributed by atoms with van der Waals surface area (Å²) in [5.41, 5.74) is 2.16. The van der Waals surface area contributed by atoms with Crippen LogP contribution >= 0.6 is 0 Å². The molecule has 0 saturated carbocycles. The van der Waals surface area contributed by atoms with Gasteiger partial charge in [-0.1, -0.05) is 12.1 Å². The molecule has 0 radical (unpaired) electrons. The fraction of sp³-hybridized carbons (Fsp3) is 0.348. The van der Waals surface area contributed by atoms with Gasteiger partial charge in [0.25, 0.3) is 0 Å². The Morgan fingerprint density at radius 3 is 2.45 bits per heavy atom. The number of pyridine rings is 1.